The lowest BCUT2D eigenvalue weighted by Crippen LogP contribution is -2.28. The average molecular weight is 916 g/mol. The van der Waals surface area contributed by atoms with Gasteiger partial charge >= 0.3 is 0 Å². The van der Waals surface area contributed by atoms with Crippen LogP contribution >= 0.6 is 0 Å². The number of hydrogen-bond acceptors (Lipinski definition) is 1. The second-order valence-electron chi connectivity index (χ2n) is 18.8. The Labute approximate surface area is 422 Å². The molecule has 338 valence electrons. The molecule has 0 aliphatic heterocycles. The molecule has 0 bridgehead atoms. The highest BCUT2D eigenvalue weighted by atomic mass is 15.1. The van der Waals surface area contributed by atoms with Crippen molar-refractivity contribution in [2.24, 2.45) is 0 Å². The highest BCUT2D eigenvalue weighted by Gasteiger charge is 2.47. The second-order valence-corrected chi connectivity index (χ2v) is 18.8. The third-order valence-electron chi connectivity index (χ3n) is 14.8. The smallest absolute Gasteiger partial charge is 0.0714 e. The van der Waals surface area contributed by atoms with Gasteiger partial charge in [0.05, 0.1) is 11.1 Å². The summed E-state index contributed by atoms with van der Waals surface area (Å²) in [4.78, 5) is 2.46. The van der Waals surface area contributed by atoms with Crippen LogP contribution in [-0.2, 0) is 5.41 Å². The van der Waals surface area contributed by atoms with E-state index in [1.54, 1.807) is 0 Å². The molecule has 0 fully saturated rings. The predicted molar refractivity (Wildman–Crippen MR) is 303 cm³/mol. The molecule has 1 heteroatoms. The van der Waals surface area contributed by atoms with Crippen LogP contribution in [0.2, 0.25) is 0 Å². The summed E-state index contributed by atoms with van der Waals surface area (Å²) in [6.07, 6.45) is 0. The van der Waals surface area contributed by atoms with E-state index in [1.807, 2.05) is 0 Å². The van der Waals surface area contributed by atoms with E-state index >= 15 is 0 Å². The van der Waals surface area contributed by atoms with Gasteiger partial charge in [-0.3, -0.25) is 0 Å². The van der Waals surface area contributed by atoms with Crippen molar-refractivity contribution in [3.8, 4) is 66.8 Å². The van der Waals surface area contributed by atoms with Crippen LogP contribution < -0.4 is 4.90 Å². The number of fused-ring (bicyclic) bond motifs is 4. The normalized spacial score (nSPS) is 12.3. The van der Waals surface area contributed by atoms with Crippen molar-refractivity contribution in [2.75, 3.05) is 4.90 Å². The topological polar surface area (TPSA) is 3.24 Å². The van der Waals surface area contributed by atoms with E-state index in [1.165, 1.54) is 99.8 Å². The summed E-state index contributed by atoms with van der Waals surface area (Å²) in [5.74, 6) is 0. The molecular weight excluding hydrogens is 867 g/mol. The molecule has 0 atom stereocenters. The van der Waals surface area contributed by atoms with Crippen molar-refractivity contribution in [1.29, 1.82) is 0 Å². The van der Waals surface area contributed by atoms with Gasteiger partial charge in [0.25, 0.3) is 0 Å². The van der Waals surface area contributed by atoms with Gasteiger partial charge in [-0.25, -0.2) is 0 Å². The Bertz CT molecular complexity index is 3840. The van der Waals surface area contributed by atoms with E-state index in [0.29, 0.717) is 0 Å². The van der Waals surface area contributed by atoms with Crippen LogP contribution in [0.1, 0.15) is 22.3 Å². The van der Waals surface area contributed by atoms with Crippen molar-refractivity contribution in [1.82, 2.24) is 0 Å². The molecule has 0 amide bonds. The van der Waals surface area contributed by atoms with Crippen LogP contribution in [0.4, 0.5) is 17.1 Å². The molecule has 1 aliphatic carbocycles. The fraction of sp³-hybridized carbons (Fsp3) is 0.0141. The van der Waals surface area contributed by atoms with Crippen molar-refractivity contribution < 1.29 is 0 Å². The lowest BCUT2D eigenvalue weighted by molar-refractivity contribution is 0.768. The molecule has 0 N–H and O–H groups in total. The predicted octanol–water partition coefficient (Wildman–Crippen LogP) is 19.0. The SMILES string of the molecule is c1ccc(-c2ccccc2-c2ccc(N(c3ccc(-c4ccc(-c5cccc(-c6ccc7ccccc7c6)c5)cc4)cc3)c3cccc4c3-c3ccccc3C4(c3ccccc3)c3ccccc3)cc2)cc1. The molecule has 0 spiro atoms. The quantitative estimate of drug-likeness (QED) is 0.132. The van der Waals surface area contributed by atoms with Gasteiger partial charge in [0.1, 0.15) is 0 Å². The van der Waals surface area contributed by atoms with Gasteiger partial charge in [-0.1, -0.05) is 255 Å². The van der Waals surface area contributed by atoms with Crippen molar-refractivity contribution in [2.45, 2.75) is 5.41 Å². The molecule has 13 rings (SSSR count). The maximum absolute atomic E-state index is 2.46. The van der Waals surface area contributed by atoms with Gasteiger partial charge in [0, 0.05) is 16.9 Å². The summed E-state index contributed by atoms with van der Waals surface area (Å²) in [5, 5.41) is 2.51. The summed E-state index contributed by atoms with van der Waals surface area (Å²) in [5.41, 5.74) is 22.3. The highest BCUT2D eigenvalue weighted by molar-refractivity contribution is 5.98. The zero-order chi connectivity index (χ0) is 47.8. The van der Waals surface area contributed by atoms with Crippen molar-refractivity contribution in [3.05, 3.63) is 320 Å². The monoisotopic (exact) mass is 915 g/mol. The number of nitrogens with zero attached hydrogens (tertiary/aromatic N) is 1. The fourth-order valence-electron chi connectivity index (χ4n) is 11.4. The number of hydrogen-bond donors (Lipinski definition) is 0. The third kappa shape index (κ3) is 7.42. The Morgan fingerprint density at radius 2 is 0.639 bits per heavy atom. The number of rotatable bonds is 10. The van der Waals surface area contributed by atoms with Crippen LogP contribution in [0.25, 0.3) is 77.5 Å². The molecule has 12 aromatic rings. The highest BCUT2D eigenvalue weighted by Crippen LogP contribution is 2.59. The first-order valence-electron chi connectivity index (χ1n) is 24.9. The van der Waals surface area contributed by atoms with Crippen molar-refractivity contribution >= 4 is 27.8 Å². The molecule has 0 radical (unpaired) electrons. The molecular formula is C71H49N. The van der Waals surface area contributed by atoms with E-state index < -0.39 is 5.41 Å². The second kappa shape index (κ2) is 18.2. The largest absolute Gasteiger partial charge is 0.310 e. The summed E-state index contributed by atoms with van der Waals surface area (Å²) >= 11 is 0. The lowest BCUT2D eigenvalue weighted by atomic mass is 9.68. The third-order valence-corrected chi connectivity index (χ3v) is 14.8. The van der Waals surface area contributed by atoms with Gasteiger partial charge in [0.15, 0.2) is 0 Å². The standard InChI is InChI=1S/C71H49N/c1-4-19-54(20-5-1)64-28-12-13-29-65(64)55-42-46-63(47-43-55)72(69-33-17-32-68-70(69)66-30-14-15-31-67(66)71(68,60-24-6-2-7-25-60)61-26-8-3-9-27-61)62-44-40-52(41-45-62)51-34-36-53(37-35-51)57-22-16-23-58(48-57)59-39-38-50-18-10-11-21-56(50)49-59/h1-49H. The van der Waals surface area contributed by atoms with Gasteiger partial charge in [-0.15, -0.1) is 0 Å². The Morgan fingerprint density at radius 1 is 0.236 bits per heavy atom. The minimum atomic E-state index is -0.519. The molecule has 0 aromatic heterocycles. The van der Waals surface area contributed by atoms with Crippen molar-refractivity contribution in [3.63, 3.8) is 0 Å². The van der Waals surface area contributed by atoms with Gasteiger partial charge in [-0.2, -0.15) is 0 Å². The molecule has 1 nitrogen and oxygen atoms in total. The van der Waals surface area contributed by atoms with E-state index in [-0.39, 0.29) is 0 Å². The van der Waals surface area contributed by atoms with Gasteiger partial charge in [-0.05, 0) is 137 Å². The molecule has 12 aromatic carbocycles. The molecule has 0 saturated heterocycles. The Hall–Kier alpha value is -9.30. The van der Waals surface area contributed by atoms with Crippen LogP contribution in [0, 0.1) is 0 Å². The Kier molecular flexibility index (Phi) is 10.8. The fourth-order valence-corrected chi connectivity index (χ4v) is 11.4. The Morgan fingerprint density at radius 3 is 1.26 bits per heavy atom. The zero-order valence-electron chi connectivity index (χ0n) is 39.7. The molecule has 72 heavy (non-hydrogen) atoms. The number of benzene rings is 12. The minimum absolute atomic E-state index is 0.519. The van der Waals surface area contributed by atoms with Crippen LogP contribution in [0.5, 0.6) is 0 Å². The van der Waals surface area contributed by atoms with Crippen LogP contribution in [0.3, 0.4) is 0 Å². The summed E-state index contributed by atoms with van der Waals surface area (Å²) in [7, 11) is 0. The molecule has 0 saturated carbocycles. The average Bonchev–Trinajstić information content (AvgIpc) is 3.78. The molecule has 1 aliphatic rings. The van der Waals surface area contributed by atoms with E-state index in [9.17, 15) is 0 Å². The number of anilines is 3. The van der Waals surface area contributed by atoms with E-state index in [2.05, 4.69) is 302 Å². The van der Waals surface area contributed by atoms with E-state index in [4.69, 9.17) is 0 Å². The first kappa shape index (κ1) is 42.8. The van der Waals surface area contributed by atoms with Crippen LogP contribution in [0.15, 0.2) is 297 Å². The summed E-state index contributed by atoms with van der Waals surface area (Å²) < 4.78 is 0. The summed E-state index contributed by atoms with van der Waals surface area (Å²) in [6, 6.07) is 109. The lowest BCUT2D eigenvalue weighted by Gasteiger charge is -2.34. The van der Waals surface area contributed by atoms with E-state index in [0.717, 1.165) is 17.1 Å². The van der Waals surface area contributed by atoms with Crippen LogP contribution in [-0.4, -0.2) is 0 Å². The zero-order valence-corrected chi connectivity index (χ0v) is 39.7. The van der Waals surface area contributed by atoms with Gasteiger partial charge < -0.3 is 4.90 Å². The molecule has 0 heterocycles. The summed E-state index contributed by atoms with van der Waals surface area (Å²) in [6.45, 7) is 0. The maximum atomic E-state index is 2.46. The first-order chi connectivity index (χ1) is 35.7. The van der Waals surface area contributed by atoms with Gasteiger partial charge in [0.2, 0.25) is 0 Å². The first-order valence-corrected chi connectivity index (χ1v) is 24.9. The minimum Gasteiger partial charge on any atom is -0.310 e. The molecule has 0 unspecified atom stereocenters. The maximum Gasteiger partial charge on any atom is 0.0714 e. The Balaban J connectivity index is 0.914.